The van der Waals surface area contributed by atoms with Gasteiger partial charge in [0.15, 0.2) is 12.8 Å². The summed E-state index contributed by atoms with van der Waals surface area (Å²) < 4.78 is 29.4. The molecule has 0 saturated carbocycles. The van der Waals surface area contributed by atoms with E-state index in [1.807, 2.05) is 0 Å². The van der Waals surface area contributed by atoms with Crippen LogP contribution in [0, 0.1) is 10.7 Å². The monoisotopic (exact) mass is 386 g/mol. The van der Waals surface area contributed by atoms with E-state index in [-0.39, 0.29) is 25.5 Å². The quantitative estimate of drug-likeness (QED) is 0.592. The molecule has 1 atom stereocenters. The van der Waals surface area contributed by atoms with Gasteiger partial charge in [-0.2, -0.15) is 0 Å². The molecule has 0 fully saturated rings. The molecule has 8 nitrogen and oxygen atoms in total. The summed E-state index contributed by atoms with van der Waals surface area (Å²) in [5, 5.41) is 2.92. The third-order valence-corrected chi connectivity index (χ3v) is 4.72. The van der Waals surface area contributed by atoms with Crippen LogP contribution in [-0.4, -0.2) is 25.8 Å². The number of fused-ring (bicyclic) bond motifs is 2. The van der Waals surface area contributed by atoms with Crippen molar-refractivity contribution in [2.75, 3.05) is 18.8 Å². The highest BCUT2D eigenvalue weighted by Gasteiger charge is 2.39. The third kappa shape index (κ3) is 2.89. The Bertz CT molecular complexity index is 993. The Kier molecular flexibility index (Phi) is 4.52. The first-order valence-electron chi connectivity index (χ1n) is 8.41. The minimum absolute atomic E-state index is 0.0151. The molecule has 0 spiro atoms. The summed E-state index contributed by atoms with van der Waals surface area (Å²) in [6.07, 6.45) is 0. The number of hydrogen-bond acceptors (Lipinski definition) is 7. The van der Waals surface area contributed by atoms with Crippen LogP contribution in [0.4, 0.5) is 10.1 Å². The van der Waals surface area contributed by atoms with Gasteiger partial charge in [0.2, 0.25) is 0 Å². The van der Waals surface area contributed by atoms with Gasteiger partial charge in [0.05, 0.1) is 31.5 Å². The maximum atomic E-state index is 14.0. The number of nitroso groups, excluding NO2 is 1. The van der Waals surface area contributed by atoms with E-state index >= 15 is 0 Å². The zero-order chi connectivity index (χ0) is 19.8. The van der Waals surface area contributed by atoms with Gasteiger partial charge in [0.1, 0.15) is 11.6 Å². The Labute approximate surface area is 158 Å². The first-order chi connectivity index (χ1) is 13.5. The smallest absolute Gasteiger partial charge is 0.337 e. The fourth-order valence-corrected chi connectivity index (χ4v) is 3.46. The zero-order valence-electron chi connectivity index (χ0n) is 14.8. The summed E-state index contributed by atoms with van der Waals surface area (Å²) in [4.78, 5) is 37.2. The summed E-state index contributed by atoms with van der Waals surface area (Å²) in [6, 6.07) is 5.77. The summed E-state index contributed by atoms with van der Waals surface area (Å²) in [6.45, 7) is 0.152. The Morgan fingerprint density at radius 1 is 1.36 bits per heavy atom. The van der Waals surface area contributed by atoms with E-state index in [1.165, 1.54) is 42.3 Å². The van der Waals surface area contributed by atoms with Gasteiger partial charge in [-0.3, -0.25) is 4.79 Å². The fraction of sp³-hybridized carbons (Fsp3) is 0.263. The zero-order valence-corrected chi connectivity index (χ0v) is 14.8. The predicted octanol–water partition coefficient (Wildman–Crippen LogP) is 2.83. The van der Waals surface area contributed by atoms with E-state index in [2.05, 4.69) is 5.18 Å². The lowest BCUT2D eigenvalue weighted by Crippen LogP contribution is -2.28. The maximum Gasteiger partial charge on any atom is 0.337 e. The highest BCUT2D eigenvalue weighted by atomic mass is 19.1. The lowest BCUT2D eigenvalue weighted by Gasteiger charge is -2.24. The summed E-state index contributed by atoms with van der Waals surface area (Å²) in [7, 11) is 1.24. The van der Waals surface area contributed by atoms with Crippen molar-refractivity contribution in [3.05, 3.63) is 63.3 Å². The average Bonchev–Trinajstić information content (AvgIpc) is 2.97. The molecule has 0 radical (unpaired) electrons. The summed E-state index contributed by atoms with van der Waals surface area (Å²) in [5.74, 6) is -1.20. The minimum atomic E-state index is -1.23. The first kappa shape index (κ1) is 18.1. The van der Waals surface area contributed by atoms with Crippen LogP contribution in [0.15, 0.2) is 35.5 Å². The van der Waals surface area contributed by atoms with Crippen molar-refractivity contribution in [2.45, 2.75) is 19.2 Å². The van der Waals surface area contributed by atoms with Gasteiger partial charge in [0, 0.05) is 16.7 Å². The SMILES string of the molecule is COC(=O)c1ccc2c(c1)N(Cc1cc(F)cc3c1OCOC3)C(=O)C2N=O. The first-order valence-corrected chi connectivity index (χ1v) is 8.41. The van der Waals surface area contributed by atoms with E-state index in [0.29, 0.717) is 28.1 Å². The van der Waals surface area contributed by atoms with E-state index in [1.54, 1.807) is 0 Å². The number of hydrogen-bond donors (Lipinski definition) is 0. The van der Waals surface area contributed by atoms with E-state index < -0.39 is 23.7 Å². The van der Waals surface area contributed by atoms with Crippen LogP contribution in [0.1, 0.15) is 33.1 Å². The van der Waals surface area contributed by atoms with Gasteiger partial charge in [0.25, 0.3) is 5.91 Å². The van der Waals surface area contributed by atoms with Crippen molar-refractivity contribution in [3.8, 4) is 5.75 Å². The molecule has 0 saturated heterocycles. The van der Waals surface area contributed by atoms with Crippen LogP contribution in [0.3, 0.4) is 0 Å². The van der Waals surface area contributed by atoms with Crippen molar-refractivity contribution in [1.82, 2.24) is 0 Å². The second-order valence-corrected chi connectivity index (χ2v) is 6.36. The lowest BCUT2D eigenvalue weighted by atomic mass is 10.1. The number of rotatable bonds is 4. The Balaban J connectivity index is 1.77. The lowest BCUT2D eigenvalue weighted by molar-refractivity contribution is -0.119. The molecule has 2 aliphatic heterocycles. The summed E-state index contributed by atoms with van der Waals surface area (Å²) in [5.41, 5.74) is 1.90. The van der Waals surface area contributed by atoms with Gasteiger partial charge in [-0.05, 0) is 24.3 Å². The molecule has 0 bridgehead atoms. The molecule has 28 heavy (non-hydrogen) atoms. The van der Waals surface area contributed by atoms with Crippen molar-refractivity contribution >= 4 is 17.6 Å². The van der Waals surface area contributed by atoms with Crippen LogP contribution in [0.5, 0.6) is 5.75 Å². The number of benzene rings is 2. The number of halogens is 1. The van der Waals surface area contributed by atoms with Crippen molar-refractivity contribution in [1.29, 1.82) is 0 Å². The molecule has 1 amide bonds. The molecule has 1 unspecified atom stereocenters. The number of ether oxygens (including phenoxy) is 3. The normalized spacial score (nSPS) is 17.6. The second-order valence-electron chi connectivity index (χ2n) is 6.36. The molecular weight excluding hydrogens is 371 g/mol. The number of methoxy groups -OCH3 is 1. The number of carbonyl (C=O) groups is 2. The van der Waals surface area contributed by atoms with Gasteiger partial charge in [-0.1, -0.05) is 11.2 Å². The van der Waals surface area contributed by atoms with E-state index in [4.69, 9.17) is 14.2 Å². The molecule has 144 valence electrons. The van der Waals surface area contributed by atoms with Crippen LogP contribution in [-0.2, 0) is 27.4 Å². The average molecular weight is 386 g/mol. The molecule has 2 heterocycles. The number of nitrogens with zero attached hydrogens (tertiary/aromatic N) is 2. The van der Waals surface area contributed by atoms with Gasteiger partial charge in [-0.25, -0.2) is 9.18 Å². The van der Waals surface area contributed by atoms with E-state index in [9.17, 15) is 18.9 Å². The predicted molar refractivity (Wildman–Crippen MR) is 94.2 cm³/mol. The highest BCUT2D eigenvalue weighted by Crippen LogP contribution is 2.41. The molecular formula is C19H15FN2O6. The second kappa shape index (κ2) is 7.01. The topological polar surface area (TPSA) is 94.5 Å². The Hall–Kier alpha value is -3.33. The minimum Gasteiger partial charge on any atom is -0.467 e. The van der Waals surface area contributed by atoms with Crippen LogP contribution < -0.4 is 9.64 Å². The molecule has 0 aliphatic carbocycles. The third-order valence-electron chi connectivity index (χ3n) is 4.72. The molecule has 0 aromatic heterocycles. The summed E-state index contributed by atoms with van der Waals surface area (Å²) >= 11 is 0. The number of esters is 1. The molecule has 2 aromatic rings. The van der Waals surface area contributed by atoms with Crippen LogP contribution in [0.25, 0.3) is 0 Å². The number of anilines is 1. The highest BCUT2D eigenvalue weighted by molar-refractivity contribution is 6.06. The standard InChI is InChI=1S/C19H15FN2O6/c1-26-19(24)10-2-3-14-15(6-10)22(18(23)16(14)21-25)7-11-4-13(20)5-12-8-27-9-28-17(11)12/h2-6,16H,7-9H2,1H3. The maximum absolute atomic E-state index is 14.0. The van der Waals surface area contributed by atoms with Gasteiger partial charge < -0.3 is 19.1 Å². The Morgan fingerprint density at radius 2 is 2.18 bits per heavy atom. The Morgan fingerprint density at radius 3 is 2.93 bits per heavy atom. The van der Waals surface area contributed by atoms with Gasteiger partial charge in [-0.15, -0.1) is 4.91 Å². The van der Waals surface area contributed by atoms with Crippen molar-refractivity contribution in [2.24, 2.45) is 5.18 Å². The largest absolute Gasteiger partial charge is 0.467 e. The van der Waals surface area contributed by atoms with Crippen LogP contribution in [0.2, 0.25) is 0 Å². The molecule has 0 N–H and O–H groups in total. The van der Waals surface area contributed by atoms with Crippen molar-refractivity contribution in [3.63, 3.8) is 0 Å². The fourth-order valence-electron chi connectivity index (χ4n) is 3.46. The van der Waals surface area contributed by atoms with Crippen molar-refractivity contribution < 1.29 is 28.2 Å². The molecule has 4 rings (SSSR count). The molecule has 9 heteroatoms. The number of amides is 1. The number of carbonyl (C=O) groups excluding carboxylic acids is 2. The van der Waals surface area contributed by atoms with E-state index in [0.717, 1.165) is 0 Å². The van der Waals surface area contributed by atoms with Crippen LogP contribution >= 0.6 is 0 Å². The van der Waals surface area contributed by atoms with Gasteiger partial charge >= 0.3 is 5.97 Å². The molecule has 2 aliphatic rings. The molecule has 2 aromatic carbocycles.